The molecule has 2 aromatic heterocycles. The van der Waals surface area contributed by atoms with Crippen LogP contribution in [0.3, 0.4) is 0 Å². The Kier molecular flexibility index (Phi) is 4.60. The van der Waals surface area contributed by atoms with Crippen molar-refractivity contribution < 1.29 is 12.8 Å². The lowest BCUT2D eigenvalue weighted by molar-refractivity contribution is 0.591. The monoisotopic (exact) mass is 395 g/mol. The van der Waals surface area contributed by atoms with Crippen molar-refractivity contribution in [2.24, 2.45) is 0 Å². The van der Waals surface area contributed by atoms with E-state index in [4.69, 9.17) is 0 Å². The van der Waals surface area contributed by atoms with Gasteiger partial charge in [0.15, 0.2) is 0 Å². The van der Waals surface area contributed by atoms with Crippen LogP contribution in [-0.2, 0) is 15.8 Å². The summed E-state index contributed by atoms with van der Waals surface area (Å²) in [5.74, 6) is -0.972. The molecular formula is C21H18FN3O2S. The van der Waals surface area contributed by atoms with E-state index in [2.05, 4.69) is 9.71 Å². The number of hydrogen-bond acceptors (Lipinski definition) is 3. The summed E-state index contributed by atoms with van der Waals surface area (Å²) in [6, 6.07) is 17.1. The Morgan fingerprint density at radius 3 is 2.64 bits per heavy atom. The number of hydrogen-bond donors (Lipinski definition) is 1. The molecule has 0 spiro atoms. The third-order valence-electron chi connectivity index (χ3n) is 4.47. The molecule has 0 aliphatic rings. The summed E-state index contributed by atoms with van der Waals surface area (Å²) in [6.45, 7) is 1.81. The molecule has 4 rings (SSSR count). The van der Waals surface area contributed by atoms with Gasteiger partial charge in [0.05, 0.1) is 17.1 Å². The van der Waals surface area contributed by atoms with E-state index in [1.807, 2.05) is 54.0 Å². The van der Waals surface area contributed by atoms with Crippen molar-refractivity contribution in [1.82, 2.24) is 9.38 Å². The van der Waals surface area contributed by atoms with Gasteiger partial charge in [-0.05, 0) is 36.8 Å². The van der Waals surface area contributed by atoms with Crippen molar-refractivity contribution in [3.63, 3.8) is 0 Å². The quantitative estimate of drug-likeness (QED) is 0.545. The zero-order valence-electron chi connectivity index (χ0n) is 15.1. The summed E-state index contributed by atoms with van der Waals surface area (Å²) >= 11 is 0. The number of fused-ring (bicyclic) bond motifs is 1. The van der Waals surface area contributed by atoms with Crippen LogP contribution in [0.5, 0.6) is 0 Å². The first-order chi connectivity index (χ1) is 13.4. The van der Waals surface area contributed by atoms with Crippen LogP contribution >= 0.6 is 0 Å². The number of sulfonamides is 1. The largest absolute Gasteiger partial charge is 0.306 e. The molecular weight excluding hydrogens is 377 g/mol. The normalized spacial score (nSPS) is 11.6. The smallest absolute Gasteiger partial charge is 0.237 e. The molecule has 142 valence electrons. The van der Waals surface area contributed by atoms with Gasteiger partial charge in [0.2, 0.25) is 10.0 Å². The maximum Gasteiger partial charge on any atom is 0.237 e. The molecule has 0 atom stereocenters. The van der Waals surface area contributed by atoms with E-state index in [-0.39, 0.29) is 5.56 Å². The second-order valence-corrected chi connectivity index (χ2v) is 8.30. The van der Waals surface area contributed by atoms with Gasteiger partial charge in [0.1, 0.15) is 11.5 Å². The number of anilines is 1. The van der Waals surface area contributed by atoms with Crippen molar-refractivity contribution >= 4 is 21.4 Å². The summed E-state index contributed by atoms with van der Waals surface area (Å²) < 4.78 is 43.4. The minimum Gasteiger partial charge on any atom is -0.306 e. The number of nitrogens with one attached hydrogen (secondary N) is 1. The number of rotatable bonds is 5. The van der Waals surface area contributed by atoms with Gasteiger partial charge in [-0.3, -0.25) is 4.72 Å². The number of halogens is 1. The molecule has 0 radical (unpaired) electrons. The average molecular weight is 395 g/mol. The Labute approximate surface area is 162 Å². The van der Waals surface area contributed by atoms with Crippen molar-refractivity contribution in [2.75, 3.05) is 4.72 Å². The first kappa shape index (κ1) is 18.2. The molecule has 0 unspecified atom stereocenters. The van der Waals surface area contributed by atoms with Crippen LogP contribution in [0.15, 0.2) is 73.1 Å². The first-order valence-corrected chi connectivity index (χ1v) is 10.4. The number of aryl methyl sites for hydroxylation is 1. The first-order valence-electron chi connectivity index (χ1n) is 8.70. The summed E-state index contributed by atoms with van der Waals surface area (Å²) in [6.07, 6.45) is 3.79. The van der Waals surface area contributed by atoms with Crippen LogP contribution in [0.25, 0.3) is 16.9 Å². The van der Waals surface area contributed by atoms with Gasteiger partial charge in [0, 0.05) is 23.5 Å². The number of nitrogens with zero attached hydrogens (tertiary/aromatic N) is 2. The number of aromatic nitrogens is 2. The third-order valence-corrected chi connectivity index (χ3v) is 5.69. The molecule has 7 heteroatoms. The molecule has 1 N–H and O–H groups in total. The second kappa shape index (κ2) is 7.09. The molecule has 4 aromatic rings. The predicted octanol–water partition coefficient (Wildman–Crippen LogP) is 4.39. The lowest BCUT2D eigenvalue weighted by atomic mass is 10.1. The fourth-order valence-corrected chi connectivity index (χ4v) is 4.26. The van der Waals surface area contributed by atoms with Crippen LogP contribution in [0.2, 0.25) is 0 Å². The molecule has 0 saturated carbocycles. The predicted molar refractivity (Wildman–Crippen MR) is 108 cm³/mol. The Balaban J connectivity index is 1.64. The van der Waals surface area contributed by atoms with Gasteiger partial charge in [-0.2, -0.15) is 0 Å². The summed E-state index contributed by atoms with van der Waals surface area (Å²) in [7, 11) is -3.77. The minimum absolute atomic E-state index is 0.129. The van der Waals surface area contributed by atoms with Gasteiger partial charge in [-0.25, -0.2) is 17.8 Å². The zero-order chi connectivity index (χ0) is 19.7. The van der Waals surface area contributed by atoms with Gasteiger partial charge in [-0.1, -0.05) is 36.4 Å². The highest BCUT2D eigenvalue weighted by Gasteiger charge is 2.16. The van der Waals surface area contributed by atoms with E-state index in [0.29, 0.717) is 5.69 Å². The molecule has 28 heavy (non-hydrogen) atoms. The fourth-order valence-electron chi connectivity index (χ4n) is 2.99. The van der Waals surface area contributed by atoms with Crippen molar-refractivity contribution in [1.29, 1.82) is 0 Å². The van der Waals surface area contributed by atoms with E-state index in [0.717, 1.165) is 22.5 Å². The molecule has 0 bridgehead atoms. The topological polar surface area (TPSA) is 63.5 Å². The van der Waals surface area contributed by atoms with Crippen LogP contribution in [0, 0.1) is 12.7 Å². The van der Waals surface area contributed by atoms with Crippen LogP contribution in [0.4, 0.5) is 10.1 Å². The van der Waals surface area contributed by atoms with E-state index in [1.54, 1.807) is 12.1 Å². The van der Waals surface area contributed by atoms with E-state index in [9.17, 15) is 12.8 Å². The van der Waals surface area contributed by atoms with E-state index in [1.165, 1.54) is 18.2 Å². The van der Waals surface area contributed by atoms with Gasteiger partial charge >= 0.3 is 0 Å². The van der Waals surface area contributed by atoms with Gasteiger partial charge < -0.3 is 4.40 Å². The molecule has 2 aromatic carbocycles. The summed E-state index contributed by atoms with van der Waals surface area (Å²) in [5, 5.41) is 0. The van der Waals surface area contributed by atoms with Crippen molar-refractivity contribution in [2.45, 2.75) is 12.7 Å². The average Bonchev–Trinajstić information content (AvgIpc) is 3.09. The molecule has 0 fully saturated rings. The highest BCUT2D eigenvalue weighted by atomic mass is 32.2. The molecule has 0 saturated heterocycles. The van der Waals surface area contributed by atoms with Crippen LogP contribution in [-0.4, -0.2) is 17.8 Å². The van der Waals surface area contributed by atoms with Crippen molar-refractivity contribution in [3.8, 4) is 11.3 Å². The van der Waals surface area contributed by atoms with E-state index < -0.39 is 21.6 Å². The molecule has 0 aliphatic carbocycles. The summed E-state index contributed by atoms with van der Waals surface area (Å²) in [5.41, 5.74) is 3.68. The summed E-state index contributed by atoms with van der Waals surface area (Å²) in [4.78, 5) is 4.57. The maximum atomic E-state index is 13.8. The standard InChI is InChI=1S/C21H18FN3O2S/c1-15-9-10-16(20-13-25-11-5-4-8-21(25)23-20)12-19(15)24-28(26,27)14-17-6-2-3-7-18(17)22/h2-13,24H,14H2,1H3. The lowest BCUT2D eigenvalue weighted by Crippen LogP contribution is -2.16. The number of pyridine rings is 1. The molecule has 2 heterocycles. The zero-order valence-corrected chi connectivity index (χ0v) is 15.9. The highest BCUT2D eigenvalue weighted by molar-refractivity contribution is 7.91. The second-order valence-electron chi connectivity index (χ2n) is 6.57. The molecule has 5 nitrogen and oxygen atoms in total. The number of imidazole rings is 1. The highest BCUT2D eigenvalue weighted by Crippen LogP contribution is 2.26. The Morgan fingerprint density at radius 2 is 1.86 bits per heavy atom. The van der Waals surface area contributed by atoms with Gasteiger partial charge in [-0.15, -0.1) is 0 Å². The van der Waals surface area contributed by atoms with E-state index >= 15 is 0 Å². The van der Waals surface area contributed by atoms with Crippen LogP contribution < -0.4 is 4.72 Å². The third kappa shape index (κ3) is 3.75. The maximum absolute atomic E-state index is 13.8. The SMILES string of the molecule is Cc1ccc(-c2cn3ccccc3n2)cc1NS(=O)(=O)Cc1ccccc1F. The molecule has 0 aliphatic heterocycles. The Morgan fingerprint density at radius 1 is 1.07 bits per heavy atom. The molecule has 0 amide bonds. The number of benzene rings is 2. The Bertz CT molecular complexity index is 1230. The fraction of sp³-hybridized carbons (Fsp3) is 0.0952. The minimum atomic E-state index is -3.77. The van der Waals surface area contributed by atoms with Crippen LogP contribution in [0.1, 0.15) is 11.1 Å². The van der Waals surface area contributed by atoms with Crippen molar-refractivity contribution in [3.05, 3.63) is 90.0 Å². The van der Waals surface area contributed by atoms with Gasteiger partial charge in [0.25, 0.3) is 0 Å². The lowest BCUT2D eigenvalue weighted by Gasteiger charge is -2.12. The Hall–Kier alpha value is -3.19.